The smallest absolute Gasteiger partial charge is 0.267 e. The van der Waals surface area contributed by atoms with Crippen LogP contribution in [0.3, 0.4) is 0 Å². The molecule has 0 amide bonds. The lowest BCUT2D eigenvalue weighted by atomic mass is 9.92. The van der Waals surface area contributed by atoms with E-state index in [4.69, 9.17) is 4.74 Å². The van der Waals surface area contributed by atoms with E-state index < -0.39 is 0 Å². The molecule has 7 heteroatoms. The Labute approximate surface area is 141 Å². The maximum Gasteiger partial charge on any atom is 0.267 e. The van der Waals surface area contributed by atoms with Crippen LogP contribution in [-0.4, -0.2) is 39.2 Å². The van der Waals surface area contributed by atoms with Gasteiger partial charge in [-0.1, -0.05) is 20.8 Å². The first-order chi connectivity index (χ1) is 11.3. The molecule has 0 aromatic carbocycles. The van der Waals surface area contributed by atoms with Crippen molar-refractivity contribution in [2.24, 2.45) is 0 Å². The van der Waals surface area contributed by atoms with Gasteiger partial charge < -0.3 is 10.1 Å². The molecule has 1 aliphatic heterocycles. The predicted molar refractivity (Wildman–Crippen MR) is 91.2 cm³/mol. The Morgan fingerprint density at radius 1 is 1.17 bits per heavy atom. The number of nitrogens with zero attached hydrogens (tertiary/aromatic N) is 4. The summed E-state index contributed by atoms with van der Waals surface area (Å²) in [7, 11) is 0. The molecule has 1 saturated heterocycles. The van der Waals surface area contributed by atoms with Crippen LogP contribution in [-0.2, 0) is 10.2 Å². The number of ether oxygens (including phenoxy) is 1. The van der Waals surface area contributed by atoms with Gasteiger partial charge >= 0.3 is 0 Å². The van der Waals surface area contributed by atoms with Crippen molar-refractivity contribution >= 4 is 5.82 Å². The second kappa shape index (κ2) is 6.32. The van der Waals surface area contributed by atoms with Gasteiger partial charge in [0, 0.05) is 11.5 Å². The molecule has 2 aromatic heterocycles. The van der Waals surface area contributed by atoms with E-state index in [1.54, 1.807) is 6.07 Å². The monoisotopic (exact) mass is 329 g/mol. The molecule has 0 saturated carbocycles. The highest BCUT2D eigenvalue weighted by molar-refractivity contribution is 5.36. The summed E-state index contributed by atoms with van der Waals surface area (Å²) in [4.78, 5) is 12.1. The maximum absolute atomic E-state index is 12.1. The van der Waals surface area contributed by atoms with Crippen LogP contribution in [0.2, 0.25) is 0 Å². The highest BCUT2D eigenvalue weighted by Gasteiger charge is 2.31. The van der Waals surface area contributed by atoms with Gasteiger partial charge in [0.15, 0.2) is 0 Å². The number of rotatable bonds is 3. The predicted octanol–water partition coefficient (Wildman–Crippen LogP) is 1.69. The van der Waals surface area contributed by atoms with Crippen molar-refractivity contribution in [1.82, 2.24) is 20.0 Å². The van der Waals surface area contributed by atoms with Crippen LogP contribution in [0.4, 0.5) is 5.82 Å². The molecule has 7 nitrogen and oxygen atoms in total. The topological polar surface area (TPSA) is 81.9 Å². The Balaban J connectivity index is 1.79. The number of anilines is 1. The maximum atomic E-state index is 12.1. The number of aryl methyl sites for hydroxylation is 1. The molecule has 1 N–H and O–H groups in total. The van der Waals surface area contributed by atoms with Crippen molar-refractivity contribution in [3.8, 4) is 0 Å². The molecule has 2 unspecified atom stereocenters. The lowest BCUT2D eigenvalue weighted by Crippen LogP contribution is -2.37. The largest absolute Gasteiger partial charge is 0.377 e. The molecule has 2 aromatic rings. The molecule has 0 aliphatic carbocycles. The average molecular weight is 329 g/mol. The molecule has 3 rings (SSSR count). The van der Waals surface area contributed by atoms with Crippen molar-refractivity contribution in [2.45, 2.75) is 45.2 Å². The number of aromatic nitrogens is 4. The fourth-order valence-electron chi connectivity index (χ4n) is 2.68. The van der Waals surface area contributed by atoms with Gasteiger partial charge in [-0.3, -0.25) is 4.79 Å². The fraction of sp³-hybridized carbons (Fsp3) is 0.529. The first kappa shape index (κ1) is 16.6. The van der Waals surface area contributed by atoms with Crippen molar-refractivity contribution in [1.29, 1.82) is 0 Å². The summed E-state index contributed by atoms with van der Waals surface area (Å²) in [6.07, 6.45) is 0. The van der Waals surface area contributed by atoms with E-state index in [1.807, 2.05) is 19.1 Å². The molecule has 24 heavy (non-hydrogen) atoms. The average Bonchev–Trinajstić information content (AvgIpc) is 2.97. The molecule has 0 bridgehead atoms. The molecule has 1 fully saturated rings. The standard InChI is InChI=1S/C17H23N5O2/c1-11-5-8-16(23)22(21-11)13-10-24-9-12(13)18-15-7-6-14(19-20-15)17(2,3)4/h5-8,12-13H,9-10H2,1-4H3,(H,18,20). The van der Waals surface area contributed by atoms with E-state index in [0.717, 1.165) is 11.4 Å². The molecule has 2 atom stereocenters. The summed E-state index contributed by atoms with van der Waals surface area (Å²) in [5.74, 6) is 0.671. The lowest BCUT2D eigenvalue weighted by Gasteiger charge is -2.21. The number of hydrogen-bond acceptors (Lipinski definition) is 6. The zero-order chi connectivity index (χ0) is 17.3. The summed E-state index contributed by atoms with van der Waals surface area (Å²) in [5.41, 5.74) is 1.57. The summed E-state index contributed by atoms with van der Waals surface area (Å²) in [6, 6.07) is 6.89. The Hall–Kier alpha value is -2.28. The van der Waals surface area contributed by atoms with Crippen LogP contribution < -0.4 is 10.9 Å². The van der Waals surface area contributed by atoms with E-state index in [-0.39, 0.29) is 23.1 Å². The van der Waals surface area contributed by atoms with E-state index in [0.29, 0.717) is 19.0 Å². The van der Waals surface area contributed by atoms with E-state index >= 15 is 0 Å². The zero-order valence-corrected chi connectivity index (χ0v) is 14.5. The van der Waals surface area contributed by atoms with E-state index in [9.17, 15) is 4.79 Å². The van der Waals surface area contributed by atoms with Crippen molar-refractivity contribution in [3.63, 3.8) is 0 Å². The van der Waals surface area contributed by atoms with Crippen LogP contribution in [0.1, 0.15) is 38.2 Å². The van der Waals surface area contributed by atoms with Crippen molar-refractivity contribution in [3.05, 3.63) is 46.0 Å². The van der Waals surface area contributed by atoms with Crippen LogP contribution in [0, 0.1) is 6.92 Å². The number of hydrogen-bond donors (Lipinski definition) is 1. The van der Waals surface area contributed by atoms with E-state index in [2.05, 4.69) is 41.4 Å². The van der Waals surface area contributed by atoms with Crippen LogP contribution in [0.15, 0.2) is 29.1 Å². The SMILES string of the molecule is Cc1ccc(=O)n(C2COCC2Nc2ccc(C(C)(C)C)nn2)n1. The first-order valence-corrected chi connectivity index (χ1v) is 8.09. The zero-order valence-electron chi connectivity index (χ0n) is 14.5. The fourth-order valence-corrected chi connectivity index (χ4v) is 2.68. The Kier molecular flexibility index (Phi) is 4.36. The molecule has 0 radical (unpaired) electrons. The third-order valence-electron chi connectivity index (χ3n) is 4.09. The molecule has 128 valence electrons. The second-order valence-electron chi connectivity index (χ2n) is 7.17. The summed E-state index contributed by atoms with van der Waals surface area (Å²) >= 11 is 0. The van der Waals surface area contributed by atoms with Crippen LogP contribution in [0.5, 0.6) is 0 Å². The third kappa shape index (κ3) is 3.46. The van der Waals surface area contributed by atoms with Gasteiger partial charge in [0.2, 0.25) is 0 Å². The molecular weight excluding hydrogens is 306 g/mol. The number of nitrogens with one attached hydrogen (secondary N) is 1. The van der Waals surface area contributed by atoms with E-state index in [1.165, 1.54) is 10.7 Å². The quantitative estimate of drug-likeness (QED) is 0.923. The summed E-state index contributed by atoms with van der Waals surface area (Å²) in [5, 5.41) is 16.2. The minimum absolute atomic E-state index is 0.0384. The van der Waals surface area contributed by atoms with Crippen LogP contribution >= 0.6 is 0 Å². The molecule has 3 heterocycles. The second-order valence-corrected chi connectivity index (χ2v) is 7.17. The highest BCUT2D eigenvalue weighted by atomic mass is 16.5. The van der Waals surface area contributed by atoms with Crippen molar-refractivity contribution in [2.75, 3.05) is 18.5 Å². The van der Waals surface area contributed by atoms with Gasteiger partial charge in [0.25, 0.3) is 5.56 Å². The normalized spacial score (nSPS) is 21.0. The summed E-state index contributed by atoms with van der Waals surface area (Å²) < 4.78 is 7.06. The van der Waals surface area contributed by atoms with Gasteiger partial charge in [-0.25, -0.2) is 4.68 Å². The lowest BCUT2D eigenvalue weighted by molar-refractivity contribution is 0.182. The van der Waals surface area contributed by atoms with Gasteiger partial charge in [0.1, 0.15) is 11.9 Å². The summed E-state index contributed by atoms with van der Waals surface area (Å²) in [6.45, 7) is 9.10. The molecule has 0 spiro atoms. The Morgan fingerprint density at radius 3 is 2.62 bits per heavy atom. The minimum Gasteiger partial charge on any atom is -0.377 e. The first-order valence-electron chi connectivity index (χ1n) is 8.09. The van der Waals surface area contributed by atoms with Gasteiger partial charge in [-0.15, -0.1) is 5.10 Å². The van der Waals surface area contributed by atoms with Gasteiger partial charge in [0.05, 0.1) is 30.6 Å². The highest BCUT2D eigenvalue weighted by Crippen LogP contribution is 2.23. The third-order valence-corrected chi connectivity index (χ3v) is 4.09. The Morgan fingerprint density at radius 2 is 1.96 bits per heavy atom. The van der Waals surface area contributed by atoms with Gasteiger partial charge in [-0.05, 0) is 25.1 Å². The van der Waals surface area contributed by atoms with Crippen molar-refractivity contribution < 1.29 is 4.74 Å². The minimum atomic E-state index is -0.165. The van der Waals surface area contributed by atoms with Gasteiger partial charge in [-0.2, -0.15) is 10.2 Å². The molecule has 1 aliphatic rings. The Bertz CT molecular complexity index is 764. The van der Waals surface area contributed by atoms with Crippen LogP contribution in [0.25, 0.3) is 0 Å². The molecular formula is C17H23N5O2.